The number of carbonyl (C=O) groups excluding carboxylic acids is 3. The van der Waals surface area contributed by atoms with Gasteiger partial charge in [-0.1, -0.05) is 30.3 Å². The number of ether oxygens (including phenoxy) is 2. The summed E-state index contributed by atoms with van der Waals surface area (Å²) in [6.45, 7) is 9.13. The van der Waals surface area contributed by atoms with Crippen molar-refractivity contribution in [3.63, 3.8) is 0 Å². The summed E-state index contributed by atoms with van der Waals surface area (Å²) in [5.41, 5.74) is -0.516. The number of nitrogens with zero attached hydrogens (tertiary/aromatic N) is 5. The van der Waals surface area contributed by atoms with Crippen molar-refractivity contribution >= 4 is 18.1 Å². The maximum Gasteiger partial charge on any atom is 0.410 e. The summed E-state index contributed by atoms with van der Waals surface area (Å²) in [5, 5.41) is 0. The smallest absolute Gasteiger partial charge is 0.410 e. The fourth-order valence-electron chi connectivity index (χ4n) is 6.05. The largest absolute Gasteiger partial charge is 0.453 e. The van der Waals surface area contributed by atoms with Gasteiger partial charge >= 0.3 is 12.2 Å². The molecule has 3 saturated heterocycles. The number of carbonyl (C=O) groups is 3. The number of fused-ring (bicyclic) bond motifs is 1. The van der Waals surface area contributed by atoms with Crippen molar-refractivity contribution in [2.45, 2.75) is 57.0 Å². The fraction of sp³-hybridized carbons (Fsp3) is 0.667. The van der Waals surface area contributed by atoms with E-state index in [9.17, 15) is 14.4 Å². The van der Waals surface area contributed by atoms with Gasteiger partial charge in [-0.15, -0.1) is 0 Å². The molecule has 3 aliphatic heterocycles. The minimum absolute atomic E-state index is 0.0390. The Labute approximate surface area is 220 Å². The minimum Gasteiger partial charge on any atom is -0.453 e. The molecule has 10 heteroatoms. The monoisotopic (exact) mass is 515 g/mol. The van der Waals surface area contributed by atoms with Crippen LogP contribution in [0.1, 0.15) is 39.2 Å². The van der Waals surface area contributed by atoms with Gasteiger partial charge < -0.3 is 19.3 Å². The highest BCUT2D eigenvalue weighted by molar-refractivity contribution is 5.85. The predicted octanol–water partition coefficient (Wildman–Crippen LogP) is 2.44. The molecule has 10 nitrogen and oxygen atoms in total. The van der Waals surface area contributed by atoms with Crippen molar-refractivity contribution in [2.24, 2.45) is 0 Å². The number of hydrogen-bond acceptors (Lipinski definition) is 7. The molecule has 3 amide bonds. The summed E-state index contributed by atoms with van der Waals surface area (Å²) in [6.07, 6.45) is 0.766. The number of piperazine rings is 1. The van der Waals surface area contributed by atoms with Gasteiger partial charge in [-0.05, 0) is 46.2 Å². The molecule has 1 spiro atoms. The number of likely N-dealkylation sites (N-methyl/N-ethyl adjacent to an activating group) is 2. The topological polar surface area (TPSA) is 85.9 Å². The molecule has 0 N–H and O–H groups in total. The number of piperidine rings is 1. The number of methoxy groups -OCH3 is 1. The van der Waals surface area contributed by atoms with E-state index in [1.807, 2.05) is 38.8 Å². The van der Waals surface area contributed by atoms with Gasteiger partial charge in [0, 0.05) is 38.8 Å². The molecule has 0 radical (unpaired) electrons. The molecule has 0 aromatic heterocycles. The minimum atomic E-state index is -0.878. The van der Waals surface area contributed by atoms with Crippen LogP contribution in [-0.2, 0) is 20.8 Å². The summed E-state index contributed by atoms with van der Waals surface area (Å²) < 4.78 is 10.6. The highest BCUT2D eigenvalue weighted by atomic mass is 16.6. The van der Waals surface area contributed by atoms with Crippen LogP contribution >= 0.6 is 0 Å². The second-order valence-corrected chi connectivity index (χ2v) is 11.7. The Kier molecular flexibility index (Phi) is 7.45. The standard InChI is InChI=1S/C27H41N5O5/c1-25(2,3)37-24(35)31-17-22(33)32-18-26(29(5)27(32,20-31)19-28(4)23(34)36-6)12-14-30(15-13-26)16-21-10-8-7-9-11-21/h7-11H,12-20H2,1-6H3. The van der Waals surface area contributed by atoms with Crippen molar-refractivity contribution < 1.29 is 23.9 Å². The third kappa shape index (κ3) is 5.40. The highest BCUT2D eigenvalue weighted by Gasteiger charge is 2.63. The van der Waals surface area contributed by atoms with Crippen LogP contribution in [0.3, 0.4) is 0 Å². The number of amides is 3. The van der Waals surface area contributed by atoms with Crippen LogP contribution in [0.2, 0.25) is 0 Å². The molecule has 37 heavy (non-hydrogen) atoms. The van der Waals surface area contributed by atoms with E-state index in [-0.39, 0.29) is 31.1 Å². The predicted molar refractivity (Wildman–Crippen MR) is 139 cm³/mol. The first-order valence-electron chi connectivity index (χ1n) is 13.0. The molecule has 0 bridgehead atoms. The molecule has 3 fully saturated rings. The second-order valence-electron chi connectivity index (χ2n) is 11.7. The Bertz CT molecular complexity index is 1000. The summed E-state index contributed by atoms with van der Waals surface area (Å²) >= 11 is 0. The van der Waals surface area contributed by atoms with Crippen LogP contribution < -0.4 is 0 Å². The van der Waals surface area contributed by atoms with Gasteiger partial charge in [0.05, 0.1) is 20.2 Å². The normalized spacial score (nSPS) is 24.2. The van der Waals surface area contributed by atoms with Crippen LogP contribution in [-0.4, -0.2) is 120 Å². The zero-order chi connectivity index (χ0) is 27.0. The van der Waals surface area contributed by atoms with E-state index in [0.29, 0.717) is 6.54 Å². The first-order chi connectivity index (χ1) is 17.4. The Hall–Kier alpha value is -2.85. The molecule has 1 aromatic carbocycles. The van der Waals surface area contributed by atoms with Gasteiger partial charge in [0.15, 0.2) is 0 Å². The molecule has 3 aliphatic rings. The zero-order valence-corrected chi connectivity index (χ0v) is 23.0. The van der Waals surface area contributed by atoms with Gasteiger partial charge in [0.2, 0.25) is 5.91 Å². The first-order valence-corrected chi connectivity index (χ1v) is 13.0. The van der Waals surface area contributed by atoms with Crippen LogP contribution in [0.5, 0.6) is 0 Å². The van der Waals surface area contributed by atoms with E-state index in [2.05, 4.69) is 34.1 Å². The van der Waals surface area contributed by atoms with Crippen molar-refractivity contribution in [1.82, 2.24) is 24.5 Å². The van der Waals surface area contributed by atoms with Gasteiger partial charge in [0.25, 0.3) is 0 Å². The second kappa shape index (κ2) is 10.1. The lowest BCUT2D eigenvalue weighted by Gasteiger charge is -2.52. The SMILES string of the molecule is COC(=O)N(C)CC12CN(C(=O)OC(C)(C)C)CC(=O)N1CC1(CCN(Cc3ccccc3)CC1)N2C. The van der Waals surface area contributed by atoms with Crippen LogP contribution in [0.4, 0.5) is 9.59 Å². The van der Waals surface area contributed by atoms with E-state index in [1.165, 1.54) is 22.5 Å². The molecule has 204 valence electrons. The molecular weight excluding hydrogens is 474 g/mol. The lowest BCUT2D eigenvalue weighted by atomic mass is 9.86. The third-order valence-corrected chi connectivity index (χ3v) is 8.03. The molecule has 4 rings (SSSR count). The maximum atomic E-state index is 13.6. The maximum absolute atomic E-state index is 13.6. The van der Waals surface area contributed by atoms with Gasteiger partial charge in [-0.25, -0.2) is 9.59 Å². The van der Waals surface area contributed by atoms with Crippen molar-refractivity contribution in [1.29, 1.82) is 0 Å². The Morgan fingerprint density at radius 1 is 1.08 bits per heavy atom. The third-order valence-electron chi connectivity index (χ3n) is 8.03. The van der Waals surface area contributed by atoms with E-state index < -0.39 is 23.5 Å². The van der Waals surface area contributed by atoms with Gasteiger partial charge in [0.1, 0.15) is 17.8 Å². The zero-order valence-electron chi connectivity index (χ0n) is 23.0. The lowest BCUT2D eigenvalue weighted by molar-refractivity contribution is -0.151. The number of benzene rings is 1. The molecule has 0 aliphatic carbocycles. The van der Waals surface area contributed by atoms with Crippen molar-refractivity contribution in [3.05, 3.63) is 35.9 Å². The first kappa shape index (κ1) is 27.2. The highest BCUT2D eigenvalue weighted by Crippen LogP contribution is 2.45. The Morgan fingerprint density at radius 2 is 1.73 bits per heavy atom. The lowest BCUT2D eigenvalue weighted by Crippen LogP contribution is -2.72. The van der Waals surface area contributed by atoms with Crippen molar-refractivity contribution in [3.8, 4) is 0 Å². The molecule has 1 aromatic rings. The summed E-state index contributed by atoms with van der Waals surface area (Å²) in [6, 6.07) is 10.4. The van der Waals surface area contributed by atoms with Gasteiger partial charge in [-0.2, -0.15) is 0 Å². The van der Waals surface area contributed by atoms with E-state index in [4.69, 9.17) is 9.47 Å². The summed E-state index contributed by atoms with van der Waals surface area (Å²) in [7, 11) is 5.04. The number of likely N-dealkylation sites (tertiary alicyclic amines) is 1. The van der Waals surface area contributed by atoms with Gasteiger partial charge in [-0.3, -0.25) is 19.5 Å². The average molecular weight is 516 g/mol. The molecule has 3 heterocycles. The summed E-state index contributed by atoms with van der Waals surface area (Å²) in [4.78, 5) is 48.6. The summed E-state index contributed by atoms with van der Waals surface area (Å²) in [5.74, 6) is -0.134. The fourth-order valence-corrected chi connectivity index (χ4v) is 6.05. The van der Waals surface area contributed by atoms with Crippen LogP contribution in [0, 0.1) is 0 Å². The number of hydrogen-bond donors (Lipinski definition) is 0. The molecular formula is C27H41N5O5. The van der Waals surface area contributed by atoms with Crippen LogP contribution in [0.25, 0.3) is 0 Å². The van der Waals surface area contributed by atoms with E-state index in [0.717, 1.165) is 32.5 Å². The van der Waals surface area contributed by atoms with Crippen molar-refractivity contribution in [2.75, 3.05) is 60.5 Å². The molecule has 1 unspecified atom stereocenters. The average Bonchev–Trinajstić information content (AvgIpc) is 3.08. The Balaban J connectivity index is 1.59. The van der Waals surface area contributed by atoms with E-state index >= 15 is 0 Å². The van der Waals surface area contributed by atoms with Crippen LogP contribution in [0.15, 0.2) is 30.3 Å². The Morgan fingerprint density at radius 3 is 2.32 bits per heavy atom. The van der Waals surface area contributed by atoms with E-state index in [1.54, 1.807) is 7.05 Å². The molecule has 1 atom stereocenters. The number of rotatable bonds is 4. The quantitative estimate of drug-likeness (QED) is 0.609. The molecule has 0 saturated carbocycles.